The summed E-state index contributed by atoms with van der Waals surface area (Å²) in [6, 6.07) is 14.4. The molecule has 0 spiro atoms. The fourth-order valence-electron chi connectivity index (χ4n) is 5.37. The van der Waals surface area contributed by atoms with Crippen LogP contribution in [0.25, 0.3) is 0 Å². The van der Waals surface area contributed by atoms with E-state index in [4.69, 9.17) is 10.5 Å². The van der Waals surface area contributed by atoms with Gasteiger partial charge in [0.15, 0.2) is 5.69 Å². The number of anilines is 1. The Kier molecular flexibility index (Phi) is 7.56. The number of carbonyl (C=O) groups excluding carboxylic acids is 1. The van der Waals surface area contributed by atoms with Gasteiger partial charge in [0.2, 0.25) is 11.8 Å². The summed E-state index contributed by atoms with van der Waals surface area (Å²) in [6.45, 7) is -0.690. The Morgan fingerprint density at radius 2 is 1.90 bits per heavy atom. The van der Waals surface area contributed by atoms with Gasteiger partial charge >= 0.3 is 0 Å². The van der Waals surface area contributed by atoms with E-state index in [2.05, 4.69) is 10.3 Å². The number of alkyl halides is 2. The first-order valence-corrected chi connectivity index (χ1v) is 13.0. The molecule has 3 atom stereocenters. The van der Waals surface area contributed by atoms with E-state index in [-0.39, 0.29) is 30.0 Å². The molecule has 2 saturated heterocycles. The number of hydrogen-bond donors (Lipinski definition) is 3. The van der Waals surface area contributed by atoms with Crippen LogP contribution in [0.15, 0.2) is 65.7 Å². The molecule has 0 bridgehead atoms. The number of hydrogen-bond acceptors (Lipinski definition) is 7. The Morgan fingerprint density at radius 3 is 2.60 bits per heavy atom. The Labute approximate surface area is 228 Å². The molecule has 9 nitrogen and oxygen atoms in total. The number of piperidine rings is 2. The van der Waals surface area contributed by atoms with Crippen LogP contribution in [0.5, 0.6) is 11.6 Å². The smallest absolute Gasteiger partial charge is 0.295 e. The number of nitrogens with two attached hydrogens (primary N) is 1. The lowest BCUT2D eigenvalue weighted by Gasteiger charge is -2.46. The van der Waals surface area contributed by atoms with Crippen LogP contribution in [0.1, 0.15) is 24.3 Å². The minimum atomic E-state index is -3.71. The van der Waals surface area contributed by atoms with Gasteiger partial charge in [0.1, 0.15) is 23.5 Å². The molecule has 2 aliphatic heterocycles. The zero-order chi connectivity index (χ0) is 28.5. The average molecular weight is 558 g/mol. The zero-order valence-electron chi connectivity index (χ0n) is 21.6. The van der Waals surface area contributed by atoms with Gasteiger partial charge in [-0.25, -0.2) is 18.2 Å². The molecule has 4 N–H and O–H groups in total. The van der Waals surface area contributed by atoms with Crippen LogP contribution in [-0.2, 0) is 11.3 Å². The molecule has 3 heterocycles. The summed E-state index contributed by atoms with van der Waals surface area (Å²) in [5.74, 6) is -5.30. The number of nitrogens with zero attached hydrogens (tertiary/aromatic N) is 3. The molecule has 1 amide bonds. The van der Waals surface area contributed by atoms with E-state index in [1.807, 2.05) is 30.3 Å². The minimum absolute atomic E-state index is 0.0974. The maximum atomic E-state index is 15.5. The van der Waals surface area contributed by atoms with E-state index in [9.17, 15) is 19.1 Å². The fraction of sp³-hybridized carbons (Fsp3) is 0.393. The predicted octanol–water partition coefficient (Wildman–Crippen LogP) is 2.75. The van der Waals surface area contributed by atoms with E-state index in [1.54, 1.807) is 0 Å². The highest BCUT2D eigenvalue weighted by Crippen LogP contribution is 2.40. The Balaban J connectivity index is 1.30. The van der Waals surface area contributed by atoms with Gasteiger partial charge in [-0.1, -0.05) is 30.3 Å². The number of nitrogens with one attached hydrogen (secondary N) is 1. The lowest BCUT2D eigenvalue weighted by molar-refractivity contribution is -0.223. The Hall–Kier alpha value is -3.90. The highest BCUT2D eigenvalue weighted by Gasteiger charge is 2.57. The van der Waals surface area contributed by atoms with Crippen LogP contribution in [0, 0.1) is 11.7 Å². The molecular formula is C28H30F3N5O4. The number of amides is 1. The lowest BCUT2D eigenvalue weighted by Crippen LogP contribution is -2.64. The van der Waals surface area contributed by atoms with Crippen molar-refractivity contribution in [3.63, 3.8) is 0 Å². The van der Waals surface area contributed by atoms with Crippen molar-refractivity contribution in [1.82, 2.24) is 19.8 Å². The second-order valence-electron chi connectivity index (χ2n) is 10.3. The van der Waals surface area contributed by atoms with Crippen molar-refractivity contribution in [2.45, 2.75) is 36.8 Å². The molecule has 0 radical (unpaired) electrons. The maximum absolute atomic E-state index is 15.5. The van der Waals surface area contributed by atoms with Gasteiger partial charge in [-0.2, -0.15) is 0 Å². The van der Waals surface area contributed by atoms with Crippen molar-refractivity contribution in [3.05, 3.63) is 82.7 Å². The number of carbonyl (C=O) groups is 1. The predicted molar refractivity (Wildman–Crippen MR) is 141 cm³/mol. The molecule has 212 valence electrons. The summed E-state index contributed by atoms with van der Waals surface area (Å²) in [6.07, 6.45) is 1.02. The molecule has 0 unspecified atom stereocenters. The summed E-state index contributed by atoms with van der Waals surface area (Å²) in [5, 5.41) is 14.3. The van der Waals surface area contributed by atoms with Crippen LogP contribution in [0.2, 0.25) is 0 Å². The molecule has 2 aliphatic rings. The van der Waals surface area contributed by atoms with Crippen LogP contribution in [0.4, 0.5) is 18.9 Å². The fourth-order valence-corrected chi connectivity index (χ4v) is 5.37. The second-order valence-corrected chi connectivity index (χ2v) is 10.3. The molecule has 2 fully saturated rings. The number of aromatic nitrogens is 2. The number of benzene rings is 2. The highest BCUT2D eigenvalue weighted by molar-refractivity contribution is 5.80. The van der Waals surface area contributed by atoms with Crippen molar-refractivity contribution < 1.29 is 27.8 Å². The van der Waals surface area contributed by atoms with E-state index in [0.717, 1.165) is 33.5 Å². The minimum Gasteiger partial charge on any atom is -0.437 e. The molecule has 2 aromatic carbocycles. The Morgan fingerprint density at radius 1 is 1.18 bits per heavy atom. The standard InChI is InChI=1S/C28H30F3N5O4/c29-19-6-8-20(9-7-19)40-24-23(32)26(38)36(17-34-24)15-27(39)11-13-35(16-28(27,30)31)25(37)21-10-12-33-14-22(21)18-4-2-1-3-5-18/h1-9,17,21-22,33,39H,10-16,32H2/t21-,22+,27+/m1/s1. The number of likely N-dealkylation sites (tertiary alicyclic amines) is 1. The van der Waals surface area contributed by atoms with Crippen molar-refractivity contribution in [3.8, 4) is 11.6 Å². The second kappa shape index (κ2) is 10.9. The van der Waals surface area contributed by atoms with Gasteiger partial charge in [0.05, 0.1) is 13.1 Å². The highest BCUT2D eigenvalue weighted by atomic mass is 19.3. The Bertz CT molecular complexity index is 1420. The first-order valence-electron chi connectivity index (χ1n) is 13.0. The number of rotatable bonds is 6. The normalized spacial score (nSPS) is 24.4. The molecule has 1 aromatic heterocycles. The van der Waals surface area contributed by atoms with E-state index < -0.39 is 54.0 Å². The van der Waals surface area contributed by atoms with Crippen molar-refractivity contribution in [2.75, 3.05) is 31.9 Å². The number of ether oxygens (including phenoxy) is 1. The molecule has 5 rings (SSSR count). The molecule has 0 saturated carbocycles. The number of nitrogen functional groups attached to an aromatic ring is 1. The topological polar surface area (TPSA) is 123 Å². The van der Waals surface area contributed by atoms with Gasteiger partial charge < -0.3 is 25.8 Å². The third-order valence-corrected chi connectivity index (χ3v) is 7.70. The third kappa shape index (κ3) is 5.41. The van der Waals surface area contributed by atoms with Crippen LogP contribution in [-0.4, -0.2) is 63.2 Å². The zero-order valence-corrected chi connectivity index (χ0v) is 21.6. The molecule has 3 aromatic rings. The first kappa shape index (κ1) is 27.7. The van der Waals surface area contributed by atoms with E-state index in [1.165, 1.54) is 12.1 Å². The largest absolute Gasteiger partial charge is 0.437 e. The van der Waals surface area contributed by atoms with Crippen molar-refractivity contribution in [1.29, 1.82) is 0 Å². The summed E-state index contributed by atoms with van der Waals surface area (Å²) >= 11 is 0. The summed E-state index contributed by atoms with van der Waals surface area (Å²) < 4.78 is 50.3. The van der Waals surface area contributed by atoms with Gasteiger partial charge in [0, 0.05) is 31.3 Å². The van der Waals surface area contributed by atoms with Crippen molar-refractivity contribution in [2.24, 2.45) is 5.92 Å². The summed E-state index contributed by atoms with van der Waals surface area (Å²) in [7, 11) is 0. The summed E-state index contributed by atoms with van der Waals surface area (Å²) in [4.78, 5) is 31.4. The van der Waals surface area contributed by atoms with Crippen LogP contribution >= 0.6 is 0 Å². The monoisotopic (exact) mass is 557 g/mol. The molecular weight excluding hydrogens is 527 g/mol. The number of halogens is 3. The van der Waals surface area contributed by atoms with E-state index >= 15 is 8.78 Å². The first-order chi connectivity index (χ1) is 19.1. The summed E-state index contributed by atoms with van der Waals surface area (Å²) in [5.41, 5.74) is 2.87. The molecule has 12 heteroatoms. The molecule has 40 heavy (non-hydrogen) atoms. The van der Waals surface area contributed by atoms with Gasteiger partial charge in [-0.15, -0.1) is 0 Å². The number of aliphatic hydroxyl groups is 1. The SMILES string of the molecule is Nc1c(Oc2ccc(F)cc2)ncn(C[C@@]2(O)CCN(C(=O)[C@@H]3CCNC[C@H]3c3ccccc3)CC2(F)F)c1=O. The maximum Gasteiger partial charge on any atom is 0.295 e. The average Bonchev–Trinajstić information content (AvgIpc) is 2.95. The quantitative estimate of drug-likeness (QED) is 0.426. The van der Waals surface area contributed by atoms with Crippen molar-refractivity contribution >= 4 is 11.6 Å². The van der Waals surface area contributed by atoms with Gasteiger partial charge in [-0.05, 0) is 42.8 Å². The van der Waals surface area contributed by atoms with Crippen LogP contribution < -0.4 is 21.3 Å². The third-order valence-electron chi connectivity index (χ3n) is 7.70. The molecule has 0 aliphatic carbocycles. The van der Waals surface area contributed by atoms with Crippen LogP contribution in [0.3, 0.4) is 0 Å². The van der Waals surface area contributed by atoms with E-state index in [0.29, 0.717) is 19.5 Å². The lowest BCUT2D eigenvalue weighted by atomic mass is 9.79. The van der Waals surface area contributed by atoms with Gasteiger partial charge in [0.25, 0.3) is 11.5 Å². The van der Waals surface area contributed by atoms with Gasteiger partial charge in [-0.3, -0.25) is 14.2 Å².